The Morgan fingerprint density at radius 3 is 1.61 bits per heavy atom. The fourth-order valence-corrected chi connectivity index (χ4v) is 6.98. The third kappa shape index (κ3) is 12.2. The monoisotopic (exact) mass is 828 g/mol. The van der Waals surface area contributed by atoms with Crippen LogP contribution in [0.5, 0.6) is 11.5 Å². The minimum Gasteiger partial charge on any atom is -0.490 e. The van der Waals surface area contributed by atoms with Crippen molar-refractivity contribution >= 4 is 28.8 Å². The van der Waals surface area contributed by atoms with Gasteiger partial charge in [-0.15, -0.1) is 0 Å². The van der Waals surface area contributed by atoms with Crippen molar-refractivity contribution in [3.63, 3.8) is 0 Å². The smallest absolute Gasteiger partial charge is 0.408 e. The van der Waals surface area contributed by atoms with E-state index in [2.05, 4.69) is 72.8 Å². The molecule has 0 saturated heterocycles. The van der Waals surface area contributed by atoms with E-state index in [0.717, 1.165) is 41.1 Å². The van der Waals surface area contributed by atoms with Gasteiger partial charge in [0, 0.05) is 30.3 Å². The zero-order chi connectivity index (χ0) is 44.7. The molecule has 320 valence electrons. The van der Waals surface area contributed by atoms with Gasteiger partial charge in [-0.2, -0.15) is 10.2 Å². The van der Waals surface area contributed by atoms with Gasteiger partial charge in [0.2, 0.25) is 11.4 Å². The highest BCUT2D eigenvalue weighted by Gasteiger charge is 2.31. The van der Waals surface area contributed by atoms with Gasteiger partial charge in [-0.25, -0.2) is 43.5 Å². The van der Waals surface area contributed by atoms with E-state index in [1.165, 1.54) is 12.4 Å². The van der Waals surface area contributed by atoms with Crippen LogP contribution in [0.1, 0.15) is 86.5 Å². The lowest BCUT2D eigenvalue weighted by Crippen LogP contribution is -2.52. The minimum absolute atomic E-state index is 0.268. The molecule has 0 aromatic carbocycles. The maximum Gasteiger partial charge on any atom is 0.408 e. The molecule has 0 aliphatic carbocycles. The molecule has 16 heteroatoms. The van der Waals surface area contributed by atoms with E-state index >= 15 is 0 Å². The summed E-state index contributed by atoms with van der Waals surface area (Å²) < 4.78 is 20.7. The van der Waals surface area contributed by atoms with Gasteiger partial charge in [-0.3, -0.25) is 0 Å². The van der Waals surface area contributed by atoms with E-state index in [0.29, 0.717) is 58.2 Å². The summed E-state index contributed by atoms with van der Waals surface area (Å²) in [6, 6.07) is 7.50. The van der Waals surface area contributed by atoms with Gasteiger partial charge in [-0.1, -0.05) is 27.7 Å². The molecular formula is C45H56N12O4. The molecule has 1 amide bonds. The molecular weight excluding hydrogens is 773 g/mol. The Hall–Kier alpha value is -6.65. The van der Waals surface area contributed by atoms with Crippen molar-refractivity contribution in [2.24, 2.45) is 17.6 Å². The lowest BCUT2D eigenvalue weighted by atomic mass is 9.91. The highest BCUT2D eigenvalue weighted by Crippen LogP contribution is 2.29. The summed E-state index contributed by atoms with van der Waals surface area (Å²) in [6.45, 7) is 36.6. The number of aromatic nitrogens is 8. The normalized spacial score (nSPS) is 13.4. The maximum absolute atomic E-state index is 12.4. The van der Waals surface area contributed by atoms with E-state index < -0.39 is 17.2 Å². The lowest BCUT2D eigenvalue weighted by molar-refractivity contribution is 0.0407. The molecule has 2 atom stereocenters. The summed E-state index contributed by atoms with van der Waals surface area (Å²) >= 11 is 0. The molecule has 0 bridgehead atoms. The van der Waals surface area contributed by atoms with Crippen LogP contribution in [0.4, 0.5) is 16.2 Å². The van der Waals surface area contributed by atoms with E-state index in [1.807, 2.05) is 72.7 Å². The second kappa shape index (κ2) is 18.7. The minimum atomic E-state index is -0.616. The number of carbonyl (C=O) groups is 1. The molecule has 0 spiro atoms. The molecule has 0 radical (unpaired) electrons. The average molecular weight is 829 g/mol. The van der Waals surface area contributed by atoms with Crippen molar-refractivity contribution in [1.82, 2.24) is 44.5 Å². The van der Waals surface area contributed by atoms with Crippen molar-refractivity contribution in [2.75, 3.05) is 13.2 Å². The molecule has 0 aliphatic rings. The summed E-state index contributed by atoms with van der Waals surface area (Å²) in [6.07, 6.45) is 10.9. The second-order valence-electron chi connectivity index (χ2n) is 17.7. The van der Waals surface area contributed by atoms with Crippen LogP contribution < -0.4 is 20.5 Å². The van der Waals surface area contributed by atoms with Crippen LogP contribution in [-0.2, 0) is 4.74 Å². The number of hydrogen-bond donors (Lipinski definition) is 2. The molecule has 6 aromatic rings. The number of rotatable bonds is 13. The number of nitrogens with zero attached hydrogens (tertiary/aromatic N) is 10. The number of pyridine rings is 2. The molecule has 0 aliphatic heterocycles. The fraction of sp³-hybridized carbons (Fsp3) is 0.444. The third-order valence-electron chi connectivity index (χ3n) is 9.21. The Balaban J connectivity index is 0.000000237. The summed E-state index contributed by atoms with van der Waals surface area (Å²) in [5, 5.41) is 11.6. The Morgan fingerprint density at radius 2 is 1.20 bits per heavy atom. The number of ether oxygens (including phenoxy) is 3. The summed E-state index contributed by atoms with van der Waals surface area (Å²) in [4.78, 5) is 37.2. The molecule has 0 fully saturated rings. The first-order valence-electron chi connectivity index (χ1n) is 20.1. The molecule has 3 N–H and O–H groups in total. The SMILES string of the molecule is [C-]#[N+]c1cnc2c(-c3ccc(OC[C@@](C)(N)CC(C)C)c(C)n3)cnn2c1.[C-]#[N+]c1cnc2c(-c3ccc(OC[C@](C)(CC(C)C)NC(=O)OC(C)(C)C)c(C)n3)cnn2c1. The van der Waals surface area contributed by atoms with Crippen LogP contribution >= 0.6 is 0 Å². The number of alkyl carbamates (subject to hydrolysis) is 1. The molecule has 0 unspecified atom stereocenters. The van der Waals surface area contributed by atoms with Gasteiger partial charge in [-0.05, 0) is 97.4 Å². The van der Waals surface area contributed by atoms with E-state index in [9.17, 15) is 4.79 Å². The Bertz CT molecular complexity index is 2570. The fourth-order valence-electron chi connectivity index (χ4n) is 6.98. The quantitative estimate of drug-likeness (QED) is 0.106. The standard InChI is InChI=1S/C25H32N6O3.C20H24N6O/c1-16(2)11-25(7,30-23(32)34-24(4,5)6)15-33-21-10-9-20(29-17(21)3)19-13-28-31-14-18(26-8)12-27-22(19)31;1-13(2)8-20(4,21)12-27-18-7-6-17(25-14(18)3)16-10-24-26-11-15(22-5)9-23-19(16)26/h9-10,12-14,16H,11,15H2,1-7H3,(H,30,32);6-7,9-11,13H,8,12,21H2,1-4H3/t25-;20-/m00/s1. The Kier molecular flexibility index (Phi) is 14.0. The Labute approximate surface area is 357 Å². The summed E-state index contributed by atoms with van der Waals surface area (Å²) in [5.74, 6) is 2.21. The van der Waals surface area contributed by atoms with Gasteiger partial charge in [0.05, 0.1) is 65.0 Å². The van der Waals surface area contributed by atoms with Crippen LogP contribution in [0.3, 0.4) is 0 Å². The van der Waals surface area contributed by atoms with Gasteiger partial charge >= 0.3 is 6.09 Å². The Morgan fingerprint density at radius 1 is 0.738 bits per heavy atom. The number of aryl methyl sites for hydroxylation is 2. The van der Waals surface area contributed by atoms with Crippen molar-refractivity contribution in [3.05, 3.63) is 95.7 Å². The van der Waals surface area contributed by atoms with Crippen molar-refractivity contribution in [2.45, 2.75) is 106 Å². The highest BCUT2D eigenvalue weighted by molar-refractivity contribution is 5.76. The molecule has 0 saturated carbocycles. The van der Waals surface area contributed by atoms with E-state index in [4.69, 9.17) is 33.1 Å². The molecule has 6 aromatic heterocycles. The van der Waals surface area contributed by atoms with Crippen LogP contribution in [0.2, 0.25) is 0 Å². The largest absolute Gasteiger partial charge is 0.490 e. The van der Waals surface area contributed by atoms with Crippen LogP contribution in [0.25, 0.3) is 43.5 Å². The van der Waals surface area contributed by atoms with Crippen LogP contribution in [0, 0.1) is 38.8 Å². The average Bonchev–Trinajstić information content (AvgIpc) is 3.79. The van der Waals surface area contributed by atoms with E-state index in [1.54, 1.807) is 33.8 Å². The predicted octanol–water partition coefficient (Wildman–Crippen LogP) is 9.15. The first kappa shape index (κ1) is 45.4. The van der Waals surface area contributed by atoms with Crippen LogP contribution in [0.15, 0.2) is 61.4 Å². The third-order valence-corrected chi connectivity index (χ3v) is 9.21. The number of fused-ring (bicyclic) bond motifs is 2. The lowest BCUT2D eigenvalue weighted by Gasteiger charge is -2.33. The van der Waals surface area contributed by atoms with Gasteiger partial charge in [0.15, 0.2) is 11.3 Å². The number of nitrogens with one attached hydrogen (secondary N) is 1. The molecule has 61 heavy (non-hydrogen) atoms. The second-order valence-corrected chi connectivity index (χ2v) is 17.7. The van der Waals surface area contributed by atoms with Crippen molar-refractivity contribution in [1.29, 1.82) is 0 Å². The summed E-state index contributed by atoms with van der Waals surface area (Å²) in [5.41, 5.74) is 11.4. The first-order valence-corrected chi connectivity index (χ1v) is 20.1. The topological polar surface area (TPSA) is 178 Å². The highest BCUT2D eigenvalue weighted by atomic mass is 16.6. The number of nitrogens with two attached hydrogens (primary N) is 1. The van der Waals surface area contributed by atoms with E-state index in [-0.39, 0.29) is 12.1 Å². The van der Waals surface area contributed by atoms with Crippen LogP contribution in [-0.4, -0.2) is 75.1 Å². The molecule has 16 nitrogen and oxygen atoms in total. The first-order chi connectivity index (χ1) is 28.7. The number of hydrogen-bond acceptors (Lipinski definition) is 11. The summed E-state index contributed by atoms with van der Waals surface area (Å²) in [7, 11) is 0. The van der Waals surface area contributed by atoms with Gasteiger partial charge < -0.3 is 25.3 Å². The van der Waals surface area contributed by atoms with Crippen molar-refractivity contribution < 1.29 is 19.0 Å². The van der Waals surface area contributed by atoms with Crippen molar-refractivity contribution in [3.8, 4) is 34.0 Å². The zero-order valence-corrected chi connectivity index (χ0v) is 36.9. The van der Waals surface area contributed by atoms with Gasteiger partial charge in [0.25, 0.3) is 0 Å². The number of carbonyl (C=O) groups excluding carboxylic acids is 1. The molecule has 6 heterocycles. The number of amides is 1. The van der Waals surface area contributed by atoms with Gasteiger partial charge in [0.1, 0.15) is 30.3 Å². The maximum atomic E-state index is 12.4. The zero-order valence-electron chi connectivity index (χ0n) is 36.9. The predicted molar refractivity (Wildman–Crippen MR) is 235 cm³/mol. The molecule has 6 rings (SSSR count).